The first kappa shape index (κ1) is 15.4. The third-order valence-electron chi connectivity index (χ3n) is 4.79. The highest BCUT2D eigenvalue weighted by Crippen LogP contribution is 2.40. The summed E-state index contributed by atoms with van der Waals surface area (Å²) in [5, 5.41) is 0.766. The lowest BCUT2D eigenvalue weighted by molar-refractivity contribution is 0.601. The summed E-state index contributed by atoms with van der Waals surface area (Å²) in [5.41, 5.74) is 5.67. The zero-order valence-electron chi connectivity index (χ0n) is 13.8. The van der Waals surface area contributed by atoms with Crippen LogP contribution in [0, 0.1) is 6.92 Å². The molecule has 3 aromatic rings. The van der Waals surface area contributed by atoms with Crippen LogP contribution in [0.25, 0.3) is 15.9 Å². The second-order valence-electron chi connectivity index (χ2n) is 6.47. The van der Waals surface area contributed by atoms with Crippen LogP contribution < -0.4 is 16.8 Å². The third kappa shape index (κ3) is 2.25. The van der Waals surface area contributed by atoms with Crippen molar-refractivity contribution in [2.24, 2.45) is 5.84 Å². The van der Waals surface area contributed by atoms with E-state index in [-0.39, 0.29) is 5.56 Å². The largest absolute Gasteiger partial charge is 0.293 e. The van der Waals surface area contributed by atoms with Crippen molar-refractivity contribution in [3.05, 3.63) is 50.6 Å². The van der Waals surface area contributed by atoms with Gasteiger partial charge in [0.25, 0.3) is 5.56 Å². The van der Waals surface area contributed by atoms with Gasteiger partial charge in [0.15, 0.2) is 0 Å². The molecule has 0 bridgehead atoms. The number of hydrogen-bond donors (Lipinski definition) is 2. The van der Waals surface area contributed by atoms with Gasteiger partial charge in [-0.15, -0.1) is 11.3 Å². The van der Waals surface area contributed by atoms with Gasteiger partial charge in [-0.3, -0.25) is 10.2 Å². The predicted molar refractivity (Wildman–Crippen MR) is 99.1 cm³/mol. The highest BCUT2D eigenvalue weighted by atomic mass is 32.1. The zero-order valence-corrected chi connectivity index (χ0v) is 14.6. The molecular weight excluding hydrogens is 320 g/mol. The molecule has 4 rings (SSSR count). The summed E-state index contributed by atoms with van der Waals surface area (Å²) in [5.74, 6) is 6.44. The number of aryl methyl sites for hydroxylation is 2. The molecule has 1 atom stereocenters. The van der Waals surface area contributed by atoms with E-state index >= 15 is 0 Å². The summed E-state index contributed by atoms with van der Waals surface area (Å²) < 4.78 is 1.58. The number of hydrazine groups is 1. The smallest absolute Gasteiger partial charge is 0.268 e. The minimum Gasteiger partial charge on any atom is -0.293 e. The fraction of sp³-hybridized carbons (Fsp3) is 0.333. The fourth-order valence-electron chi connectivity index (χ4n) is 3.57. The number of fused-ring (bicyclic) bond motifs is 3. The Morgan fingerprint density at radius 2 is 2.08 bits per heavy atom. The van der Waals surface area contributed by atoms with Gasteiger partial charge in [0.1, 0.15) is 4.83 Å². The molecule has 0 spiro atoms. The SMILES string of the molecule is Cc1ccc(-n2c(NN)nc3sc4c(c3c2=O)[C@@H](C)CCC4)cc1. The summed E-state index contributed by atoms with van der Waals surface area (Å²) in [7, 11) is 0. The number of thiophene rings is 1. The molecule has 1 aliphatic carbocycles. The second-order valence-corrected chi connectivity index (χ2v) is 7.55. The van der Waals surface area contributed by atoms with Crippen LogP contribution in [0.5, 0.6) is 0 Å². The van der Waals surface area contributed by atoms with Crippen LogP contribution in [0.3, 0.4) is 0 Å². The van der Waals surface area contributed by atoms with Crippen molar-refractivity contribution in [2.45, 2.75) is 39.0 Å². The first-order valence-electron chi connectivity index (χ1n) is 8.22. The molecule has 2 heterocycles. The van der Waals surface area contributed by atoms with Gasteiger partial charge in [-0.1, -0.05) is 24.6 Å². The molecule has 24 heavy (non-hydrogen) atoms. The minimum absolute atomic E-state index is 0.0388. The average Bonchev–Trinajstić information content (AvgIpc) is 2.96. The van der Waals surface area contributed by atoms with Crippen molar-refractivity contribution in [2.75, 3.05) is 5.43 Å². The quantitative estimate of drug-likeness (QED) is 0.553. The number of hydrogen-bond acceptors (Lipinski definition) is 5. The van der Waals surface area contributed by atoms with Crippen LogP contribution in [-0.2, 0) is 6.42 Å². The van der Waals surface area contributed by atoms with Crippen LogP contribution in [0.1, 0.15) is 41.7 Å². The van der Waals surface area contributed by atoms with Gasteiger partial charge in [0.05, 0.1) is 11.1 Å². The molecule has 0 fully saturated rings. The Bertz CT molecular complexity index is 971. The first-order chi connectivity index (χ1) is 11.6. The zero-order chi connectivity index (χ0) is 16.8. The Morgan fingerprint density at radius 1 is 1.33 bits per heavy atom. The van der Waals surface area contributed by atoms with Gasteiger partial charge in [-0.2, -0.15) is 0 Å². The van der Waals surface area contributed by atoms with Gasteiger partial charge in [-0.05, 0) is 49.8 Å². The molecule has 6 heteroatoms. The fourth-order valence-corrected chi connectivity index (χ4v) is 4.89. The number of nitrogens with one attached hydrogen (secondary N) is 1. The molecular formula is C18H20N4OS. The van der Waals surface area contributed by atoms with Crippen molar-refractivity contribution in [1.29, 1.82) is 0 Å². The van der Waals surface area contributed by atoms with Crippen LogP contribution in [0.2, 0.25) is 0 Å². The molecule has 1 aliphatic rings. The van der Waals surface area contributed by atoms with Gasteiger partial charge < -0.3 is 0 Å². The van der Waals surface area contributed by atoms with Crippen molar-refractivity contribution in [3.8, 4) is 5.69 Å². The van der Waals surface area contributed by atoms with Crippen molar-refractivity contribution in [3.63, 3.8) is 0 Å². The second kappa shape index (κ2) is 5.72. The Kier molecular flexibility index (Phi) is 3.66. The molecule has 2 aromatic heterocycles. The van der Waals surface area contributed by atoms with E-state index in [0.29, 0.717) is 11.9 Å². The summed E-state index contributed by atoms with van der Waals surface area (Å²) in [6.45, 7) is 4.22. The van der Waals surface area contributed by atoms with Gasteiger partial charge in [-0.25, -0.2) is 15.4 Å². The molecule has 124 valence electrons. The standard InChI is InChI=1S/C18H20N4OS/c1-10-6-8-12(9-7-10)22-17(23)15-14-11(2)4-3-5-13(14)24-16(15)20-18(22)21-19/h6-9,11H,3-5,19H2,1-2H3,(H,20,21)/t11-/m0/s1. The Labute approximate surface area is 144 Å². The van der Waals surface area contributed by atoms with Gasteiger partial charge >= 0.3 is 0 Å². The highest BCUT2D eigenvalue weighted by Gasteiger charge is 2.26. The van der Waals surface area contributed by atoms with E-state index < -0.39 is 0 Å². The molecule has 5 nitrogen and oxygen atoms in total. The highest BCUT2D eigenvalue weighted by molar-refractivity contribution is 7.18. The van der Waals surface area contributed by atoms with E-state index in [9.17, 15) is 4.79 Å². The number of nitrogen functional groups attached to an aromatic ring is 1. The van der Waals surface area contributed by atoms with Crippen molar-refractivity contribution >= 4 is 27.5 Å². The van der Waals surface area contributed by atoms with E-state index in [1.165, 1.54) is 16.9 Å². The lowest BCUT2D eigenvalue weighted by Gasteiger charge is -2.19. The summed E-state index contributed by atoms with van der Waals surface area (Å²) in [6.07, 6.45) is 3.34. The molecule has 0 radical (unpaired) electrons. The maximum atomic E-state index is 13.3. The van der Waals surface area contributed by atoms with Gasteiger partial charge in [0, 0.05) is 4.88 Å². The van der Waals surface area contributed by atoms with Crippen molar-refractivity contribution in [1.82, 2.24) is 9.55 Å². The van der Waals surface area contributed by atoms with E-state index in [1.807, 2.05) is 31.2 Å². The number of nitrogens with zero attached hydrogens (tertiary/aromatic N) is 2. The monoisotopic (exact) mass is 340 g/mol. The normalized spacial score (nSPS) is 17.0. The van der Waals surface area contributed by atoms with Crippen molar-refractivity contribution < 1.29 is 0 Å². The lowest BCUT2D eigenvalue weighted by Crippen LogP contribution is -2.26. The van der Waals surface area contributed by atoms with Crippen LogP contribution in [0.15, 0.2) is 29.1 Å². The lowest BCUT2D eigenvalue weighted by atomic mass is 9.88. The number of benzene rings is 1. The molecule has 0 saturated carbocycles. The van der Waals surface area contributed by atoms with Crippen LogP contribution >= 0.6 is 11.3 Å². The molecule has 1 aromatic carbocycles. The summed E-state index contributed by atoms with van der Waals surface area (Å²) in [6, 6.07) is 7.82. The minimum atomic E-state index is -0.0388. The van der Waals surface area contributed by atoms with Crippen LogP contribution in [0.4, 0.5) is 5.95 Å². The molecule has 3 N–H and O–H groups in total. The number of anilines is 1. The number of rotatable bonds is 2. The van der Waals surface area contributed by atoms with E-state index in [2.05, 4.69) is 17.3 Å². The van der Waals surface area contributed by atoms with E-state index in [4.69, 9.17) is 5.84 Å². The van der Waals surface area contributed by atoms with E-state index in [0.717, 1.165) is 34.3 Å². The Morgan fingerprint density at radius 3 is 2.79 bits per heavy atom. The predicted octanol–water partition coefficient (Wildman–Crippen LogP) is 3.48. The third-order valence-corrected chi connectivity index (χ3v) is 5.95. The van der Waals surface area contributed by atoms with Crippen LogP contribution in [-0.4, -0.2) is 9.55 Å². The van der Waals surface area contributed by atoms with Gasteiger partial charge in [0.2, 0.25) is 5.95 Å². The molecule has 0 amide bonds. The molecule has 0 saturated heterocycles. The Balaban J connectivity index is 2.06. The maximum Gasteiger partial charge on any atom is 0.268 e. The maximum absolute atomic E-state index is 13.3. The topological polar surface area (TPSA) is 72.9 Å². The first-order valence-corrected chi connectivity index (χ1v) is 9.03. The number of aromatic nitrogens is 2. The number of nitrogens with two attached hydrogens (primary N) is 1. The van der Waals surface area contributed by atoms with E-state index in [1.54, 1.807) is 15.9 Å². The summed E-state index contributed by atoms with van der Waals surface area (Å²) >= 11 is 1.63. The molecule has 0 aliphatic heterocycles. The summed E-state index contributed by atoms with van der Waals surface area (Å²) in [4.78, 5) is 20.0. The molecule has 0 unspecified atom stereocenters. The average molecular weight is 340 g/mol. The Hall–Kier alpha value is -2.18.